The number of ether oxygens (including phenoxy) is 2. The number of rotatable bonds is 7. The lowest BCUT2D eigenvalue weighted by atomic mass is 10.1. The molecule has 1 aliphatic heterocycles. The number of carbonyl (C=O) groups excluding carboxylic acids is 1. The van der Waals surface area contributed by atoms with Gasteiger partial charge in [0.15, 0.2) is 4.80 Å². The summed E-state index contributed by atoms with van der Waals surface area (Å²) >= 11 is 1.29. The van der Waals surface area contributed by atoms with Gasteiger partial charge in [0, 0.05) is 30.8 Å². The molecule has 6 nitrogen and oxygen atoms in total. The summed E-state index contributed by atoms with van der Waals surface area (Å²) in [6, 6.07) is 3.12. The van der Waals surface area contributed by atoms with E-state index in [2.05, 4.69) is 9.89 Å². The van der Waals surface area contributed by atoms with E-state index in [0.29, 0.717) is 24.6 Å². The van der Waals surface area contributed by atoms with Crippen LogP contribution in [0.1, 0.15) is 33.6 Å². The van der Waals surface area contributed by atoms with Gasteiger partial charge in [-0.15, -0.1) is 11.3 Å². The number of likely N-dealkylation sites (N-methyl/N-ethyl adjacent to an activating group) is 1. The van der Waals surface area contributed by atoms with Crippen LogP contribution in [0.2, 0.25) is 0 Å². The molecule has 1 atom stereocenters. The van der Waals surface area contributed by atoms with Crippen LogP contribution in [0.4, 0.5) is 13.2 Å². The third-order valence-corrected chi connectivity index (χ3v) is 6.14. The van der Waals surface area contributed by atoms with Crippen LogP contribution in [0.15, 0.2) is 29.4 Å². The van der Waals surface area contributed by atoms with Crippen molar-refractivity contribution in [2.45, 2.75) is 38.5 Å². The third kappa shape index (κ3) is 5.96. The van der Waals surface area contributed by atoms with E-state index in [0.717, 1.165) is 36.4 Å². The van der Waals surface area contributed by atoms with Crippen LogP contribution in [0.3, 0.4) is 0 Å². The van der Waals surface area contributed by atoms with Crippen molar-refractivity contribution >= 4 is 17.2 Å². The molecule has 0 spiro atoms. The number of benzene rings is 1. The molecule has 0 bridgehead atoms. The summed E-state index contributed by atoms with van der Waals surface area (Å²) in [6.07, 6.45) is -0.761. The van der Waals surface area contributed by atoms with Crippen molar-refractivity contribution in [3.05, 3.63) is 45.2 Å². The minimum Gasteiger partial charge on any atom is -0.491 e. The Hall–Kier alpha value is -2.17. The highest BCUT2D eigenvalue weighted by Crippen LogP contribution is 2.33. The molecule has 0 unspecified atom stereocenters. The maximum atomic E-state index is 13.3. The third-order valence-electron chi connectivity index (χ3n) is 5.21. The van der Waals surface area contributed by atoms with Crippen molar-refractivity contribution in [1.29, 1.82) is 0 Å². The topological polar surface area (TPSA) is 56.1 Å². The highest BCUT2D eigenvalue weighted by atomic mass is 32.1. The smallest absolute Gasteiger partial charge is 0.416 e. The van der Waals surface area contributed by atoms with Crippen molar-refractivity contribution < 1.29 is 27.4 Å². The number of aryl methyl sites for hydroxylation is 1. The molecule has 0 N–H and O–H groups in total. The molecule has 1 amide bonds. The molecule has 170 valence electrons. The molecular weight excluding hydrogens is 431 g/mol. The maximum Gasteiger partial charge on any atom is 0.416 e. The fourth-order valence-electron chi connectivity index (χ4n) is 3.46. The molecule has 2 heterocycles. The van der Waals surface area contributed by atoms with E-state index in [1.165, 1.54) is 17.4 Å². The second-order valence-corrected chi connectivity index (χ2v) is 8.74. The molecule has 2 aromatic rings. The molecule has 0 aliphatic carbocycles. The maximum absolute atomic E-state index is 13.3. The Morgan fingerprint density at radius 1 is 1.35 bits per heavy atom. The Balaban J connectivity index is 1.94. The van der Waals surface area contributed by atoms with E-state index in [1.807, 2.05) is 20.2 Å². The minimum absolute atomic E-state index is 0.110. The highest BCUT2D eigenvalue weighted by Gasteiger charge is 2.32. The van der Waals surface area contributed by atoms with Crippen molar-refractivity contribution in [1.82, 2.24) is 9.47 Å². The zero-order chi connectivity index (χ0) is 22.6. The lowest BCUT2D eigenvalue weighted by molar-refractivity contribution is -0.137. The van der Waals surface area contributed by atoms with Crippen LogP contribution in [-0.2, 0) is 17.5 Å². The molecule has 10 heteroatoms. The zero-order valence-corrected chi connectivity index (χ0v) is 18.6. The standard InChI is InChI=1S/C21H26F3N3O3S/c1-14-12-27(9-10-29-3)20(31-14)25-19(28)17-11-15(21(22,23)24)6-7-18(17)30-13-16-5-4-8-26(16)2/h6-7,11-12,16H,4-5,8-10,13H2,1-3H3/t16-/m0/s1. The molecular formula is C21H26F3N3O3S. The Morgan fingerprint density at radius 3 is 2.77 bits per heavy atom. The quantitative estimate of drug-likeness (QED) is 0.636. The molecule has 3 rings (SSSR count). The van der Waals surface area contributed by atoms with Gasteiger partial charge in [-0.25, -0.2) is 0 Å². The van der Waals surface area contributed by atoms with E-state index in [-0.39, 0.29) is 17.4 Å². The molecule has 1 aliphatic rings. The Kier molecular flexibility index (Phi) is 7.55. The first kappa shape index (κ1) is 23.5. The number of hydrogen-bond acceptors (Lipinski definition) is 5. The summed E-state index contributed by atoms with van der Waals surface area (Å²) in [7, 11) is 3.54. The highest BCUT2D eigenvalue weighted by molar-refractivity contribution is 7.09. The zero-order valence-electron chi connectivity index (χ0n) is 17.7. The first-order valence-electron chi connectivity index (χ1n) is 9.98. The number of alkyl halides is 3. The average Bonchev–Trinajstić information content (AvgIpc) is 3.28. The van der Waals surface area contributed by atoms with E-state index >= 15 is 0 Å². The summed E-state index contributed by atoms with van der Waals surface area (Å²) < 4.78 is 52.4. The Bertz CT molecular complexity index is 984. The van der Waals surface area contributed by atoms with Crippen LogP contribution in [-0.4, -0.2) is 55.3 Å². The predicted octanol–water partition coefficient (Wildman–Crippen LogP) is 3.74. The number of halogens is 3. The molecule has 0 radical (unpaired) electrons. The first-order chi connectivity index (χ1) is 14.7. The van der Waals surface area contributed by atoms with Crippen LogP contribution in [0.25, 0.3) is 0 Å². The monoisotopic (exact) mass is 457 g/mol. The summed E-state index contributed by atoms with van der Waals surface area (Å²) in [5.41, 5.74) is -1.11. The van der Waals surface area contributed by atoms with Gasteiger partial charge in [0.1, 0.15) is 12.4 Å². The van der Waals surface area contributed by atoms with Crippen LogP contribution >= 0.6 is 11.3 Å². The van der Waals surface area contributed by atoms with Gasteiger partial charge in [0.25, 0.3) is 5.91 Å². The van der Waals surface area contributed by atoms with Gasteiger partial charge < -0.3 is 18.9 Å². The van der Waals surface area contributed by atoms with Crippen molar-refractivity contribution in [2.24, 2.45) is 4.99 Å². The summed E-state index contributed by atoms with van der Waals surface area (Å²) in [6.45, 7) is 4.02. The van der Waals surface area contributed by atoms with Gasteiger partial charge in [-0.1, -0.05) is 0 Å². The number of carbonyl (C=O) groups is 1. The van der Waals surface area contributed by atoms with Gasteiger partial charge in [-0.2, -0.15) is 18.2 Å². The second kappa shape index (κ2) is 9.97. The van der Waals surface area contributed by atoms with Gasteiger partial charge >= 0.3 is 6.18 Å². The van der Waals surface area contributed by atoms with Crippen LogP contribution in [0, 0.1) is 6.92 Å². The molecule has 1 fully saturated rings. The summed E-state index contributed by atoms with van der Waals surface area (Å²) in [5, 5.41) is 0. The molecule has 0 saturated carbocycles. The Morgan fingerprint density at radius 2 is 2.13 bits per heavy atom. The number of amides is 1. The van der Waals surface area contributed by atoms with Crippen LogP contribution in [0.5, 0.6) is 5.75 Å². The lowest BCUT2D eigenvalue weighted by Gasteiger charge is -2.20. The van der Waals surface area contributed by atoms with Gasteiger partial charge in [-0.3, -0.25) is 4.79 Å². The fourth-order valence-corrected chi connectivity index (χ4v) is 4.32. The fraction of sp³-hybridized carbons (Fsp3) is 0.524. The summed E-state index contributed by atoms with van der Waals surface area (Å²) in [4.78, 5) is 20.5. The number of hydrogen-bond donors (Lipinski definition) is 0. The van der Waals surface area contributed by atoms with Gasteiger partial charge in [-0.05, 0) is 51.6 Å². The number of nitrogens with zero attached hydrogens (tertiary/aromatic N) is 3. The van der Waals surface area contributed by atoms with E-state index in [9.17, 15) is 18.0 Å². The lowest BCUT2D eigenvalue weighted by Crippen LogP contribution is -2.30. The normalized spacial score (nSPS) is 18.0. The van der Waals surface area contributed by atoms with E-state index < -0.39 is 17.6 Å². The molecule has 31 heavy (non-hydrogen) atoms. The minimum atomic E-state index is -4.57. The Labute approximate surface area is 182 Å². The number of aromatic nitrogens is 1. The van der Waals surface area contributed by atoms with Crippen LogP contribution < -0.4 is 9.54 Å². The molecule has 1 aromatic carbocycles. The molecule has 1 aromatic heterocycles. The predicted molar refractivity (Wildman–Crippen MR) is 111 cm³/mol. The average molecular weight is 458 g/mol. The van der Waals surface area contributed by atoms with Crippen molar-refractivity contribution in [2.75, 3.05) is 33.9 Å². The number of thiazole rings is 1. The molecule has 1 saturated heterocycles. The SMILES string of the molecule is COCCn1cc(C)sc1=NC(=O)c1cc(C(F)(F)F)ccc1OC[C@@H]1CCCN1C. The number of likely N-dealkylation sites (tertiary alicyclic amines) is 1. The van der Waals surface area contributed by atoms with E-state index in [1.54, 1.807) is 11.7 Å². The van der Waals surface area contributed by atoms with Gasteiger partial charge in [0.05, 0.1) is 17.7 Å². The first-order valence-corrected chi connectivity index (χ1v) is 10.8. The van der Waals surface area contributed by atoms with E-state index in [4.69, 9.17) is 9.47 Å². The summed E-state index contributed by atoms with van der Waals surface area (Å²) in [5.74, 6) is -0.660. The second-order valence-electron chi connectivity index (χ2n) is 7.52. The van der Waals surface area contributed by atoms with Gasteiger partial charge in [0.2, 0.25) is 0 Å². The van der Waals surface area contributed by atoms with Crippen molar-refractivity contribution in [3.8, 4) is 5.75 Å². The largest absolute Gasteiger partial charge is 0.491 e. The van der Waals surface area contributed by atoms with Crippen molar-refractivity contribution in [3.63, 3.8) is 0 Å². The number of methoxy groups -OCH3 is 1.